The highest BCUT2D eigenvalue weighted by Crippen LogP contribution is 2.13. The van der Waals surface area contributed by atoms with Crippen molar-refractivity contribution in [2.24, 2.45) is 11.7 Å². The van der Waals surface area contributed by atoms with Crippen LogP contribution in [-0.2, 0) is 0 Å². The van der Waals surface area contributed by atoms with E-state index in [0.717, 1.165) is 6.42 Å². The fourth-order valence-corrected chi connectivity index (χ4v) is 1.19. The van der Waals surface area contributed by atoms with Gasteiger partial charge in [-0.25, -0.2) is 0 Å². The zero-order valence-corrected chi connectivity index (χ0v) is 7.84. The van der Waals surface area contributed by atoms with Crippen molar-refractivity contribution in [2.75, 3.05) is 0 Å². The summed E-state index contributed by atoms with van der Waals surface area (Å²) < 4.78 is 0. The van der Waals surface area contributed by atoms with Gasteiger partial charge in [0, 0.05) is 6.04 Å². The van der Waals surface area contributed by atoms with Crippen LogP contribution in [0.15, 0.2) is 12.7 Å². The average Bonchev–Trinajstić information content (AvgIpc) is 1.98. The summed E-state index contributed by atoms with van der Waals surface area (Å²) in [5.41, 5.74) is 5.64. The Morgan fingerprint density at radius 1 is 1.45 bits per heavy atom. The highest BCUT2D eigenvalue weighted by Gasteiger charge is 2.01. The van der Waals surface area contributed by atoms with Crippen LogP contribution in [0.2, 0.25) is 0 Å². The van der Waals surface area contributed by atoms with Gasteiger partial charge in [-0.15, -0.1) is 6.58 Å². The maximum Gasteiger partial charge on any atom is 0.00104 e. The Kier molecular flexibility index (Phi) is 6.24. The summed E-state index contributed by atoms with van der Waals surface area (Å²) >= 11 is 0. The number of allylic oxidation sites excluding steroid dienone is 1. The molecule has 2 N–H and O–H groups in total. The molecule has 2 atom stereocenters. The van der Waals surface area contributed by atoms with Gasteiger partial charge in [-0.2, -0.15) is 0 Å². The summed E-state index contributed by atoms with van der Waals surface area (Å²) in [6.07, 6.45) is 6.90. The maximum atomic E-state index is 5.64. The van der Waals surface area contributed by atoms with E-state index in [0.29, 0.717) is 12.0 Å². The molecule has 2 unspecified atom stereocenters. The van der Waals surface area contributed by atoms with Crippen molar-refractivity contribution in [3.8, 4) is 0 Å². The third-order valence-electron chi connectivity index (χ3n) is 2.09. The minimum absolute atomic E-state index is 0.359. The number of rotatable bonds is 6. The molecule has 0 aromatic heterocycles. The predicted octanol–water partition coefficient (Wildman–Crippen LogP) is 2.72. The van der Waals surface area contributed by atoms with Gasteiger partial charge in [-0.3, -0.25) is 0 Å². The first kappa shape index (κ1) is 10.7. The zero-order chi connectivity index (χ0) is 8.69. The van der Waals surface area contributed by atoms with E-state index in [4.69, 9.17) is 5.73 Å². The lowest BCUT2D eigenvalue weighted by Gasteiger charge is -2.09. The second-order valence-electron chi connectivity index (χ2n) is 3.31. The first-order valence-electron chi connectivity index (χ1n) is 4.58. The van der Waals surface area contributed by atoms with Crippen molar-refractivity contribution in [3.63, 3.8) is 0 Å². The molecule has 0 saturated carbocycles. The van der Waals surface area contributed by atoms with Gasteiger partial charge in [-0.05, 0) is 32.1 Å². The first-order chi connectivity index (χ1) is 5.20. The van der Waals surface area contributed by atoms with E-state index >= 15 is 0 Å². The van der Waals surface area contributed by atoms with Crippen LogP contribution in [0, 0.1) is 5.92 Å². The molecule has 0 bridgehead atoms. The van der Waals surface area contributed by atoms with Crippen LogP contribution in [0.1, 0.15) is 39.5 Å². The lowest BCUT2D eigenvalue weighted by molar-refractivity contribution is 0.506. The van der Waals surface area contributed by atoms with Gasteiger partial charge in [0.2, 0.25) is 0 Å². The quantitative estimate of drug-likeness (QED) is 0.586. The Labute approximate surface area is 70.7 Å². The summed E-state index contributed by atoms with van der Waals surface area (Å²) in [7, 11) is 0. The van der Waals surface area contributed by atoms with Crippen molar-refractivity contribution < 1.29 is 0 Å². The summed E-state index contributed by atoms with van der Waals surface area (Å²) in [6.45, 7) is 8.07. The molecule has 0 aliphatic heterocycles. The number of hydrogen-bond donors (Lipinski definition) is 1. The molecule has 0 radical (unpaired) electrons. The molecule has 1 heteroatoms. The van der Waals surface area contributed by atoms with Crippen LogP contribution in [0.4, 0.5) is 0 Å². The predicted molar refractivity (Wildman–Crippen MR) is 51.5 cm³/mol. The van der Waals surface area contributed by atoms with Crippen molar-refractivity contribution in [2.45, 2.75) is 45.6 Å². The molecule has 0 saturated heterocycles. The van der Waals surface area contributed by atoms with E-state index in [9.17, 15) is 0 Å². The summed E-state index contributed by atoms with van der Waals surface area (Å²) in [5.74, 6) is 0.703. The molecule has 11 heavy (non-hydrogen) atoms. The molecule has 0 aliphatic carbocycles. The molecule has 1 nitrogen and oxygen atoms in total. The maximum absolute atomic E-state index is 5.64. The van der Waals surface area contributed by atoms with Crippen LogP contribution in [0.3, 0.4) is 0 Å². The topological polar surface area (TPSA) is 26.0 Å². The number of hydrogen-bond acceptors (Lipinski definition) is 1. The summed E-state index contributed by atoms with van der Waals surface area (Å²) in [5, 5.41) is 0. The highest BCUT2D eigenvalue weighted by atomic mass is 14.6. The molecule has 0 heterocycles. The van der Waals surface area contributed by atoms with Crippen molar-refractivity contribution >= 4 is 0 Å². The normalized spacial score (nSPS) is 15.9. The van der Waals surface area contributed by atoms with Crippen LogP contribution in [0.5, 0.6) is 0 Å². The second-order valence-corrected chi connectivity index (χ2v) is 3.31. The van der Waals surface area contributed by atoms with Crippen LogP contribution < -0.4 is 5.73 Å². The lowest BCUT2D eigenvalue weighted by atomic mass is 9.98. The van der Waals surface area contributed by atoms with Crippen LogP contribution in [-0.4, -0.2) is 6.04 Å². The van der Waals surface area contributed by atoms with E-state index in [2.05, 4.69) is 26.5 Å². The minimum Gasteiger partial charge on any atom is -0.328 e. The summed E-state index contributed by atoms with van der Waals surface area (Å²) in [6, 6.07) is 0.359. The fourth-order valence-electron chi connectivity index (χ4n) is 1.19. The van der Waals surface area contributed by atoms with E-state index < -0.39 is 0 Å². The van der Waals surface area contributed by atoms with E-state index in [1.54, 1.807) is 0 Å². The van der Waals surface area contributed by atoms with Crippen molar-refractivity contribution in [1.29, 1.82) is 0 Å². The van der Waals surface area contributed by atoms with Gasteiger partial charge in [0.1, 0.15) is 0 Å². The molecule has 0 aliphatic rings. The first-order valence-corrected chi connectivity index (χ1v) is 4.58. The molecule has 0 fully saturated rings. The number of nitrogens with two attached hydrogens (primary N) is 1. The fraction of sp³-hybridized carbons (Fsp3) is 0.800. The molecule has 0 rings (SSSR count). The van der Waals surface area contributed by atoms with Crippen molar-refractivity contribution in [1.82, 2.24) is 0 Å². The van der Waals surface area contributed by atoms with Crippen LogP contribution >= 0.6 is 0 Å². The molecule has 0 aromatic rings. The molecule has 0 aromatic carbocycles. The standard InChI is InChI=1S/C10H21N/c1-4-10(5-2)8-6-7-9(3)11/h4,9-10H,1,5-8,11H2,2-3H3. The largest absolute Gasteiger partial charge is 0.328 e. The third-order valence-corrected chi connectivity index (χ3v) is 2.09. The SMILES string of the molecule is C=CC(CC)CCCC(C)N. The van der Waals surface area contributed by atoms with Gasteiger partial charge in [0.15, 0.2) is 0 Å². The minimum atomic E-state index is 0.359. The monoisotopic (exact) mass is 155 g/mol. The van der Waals surface area contributed by atoms with Gasteiger partial charge < -0.3 is 5.73 Å². The Morgan fingerprint density at radius 3 is 2.45 bits per heavy atom. The van der Waals surface area contributed by atoms with E-state index in [-0.39, 0.29) is 0 Å². The Balaban J connectivity index is 3.28. The molecular formula is C10H21N. The highest BCUT2D eigenvalue weighted by molar-refractivity contribution is 4.77. The summed E-state index contributed by atoms with van der Waals surface area (Å²) in [4.78, 5) is 0. The van der Waals surface area contributed by atoms with Gasteiger partial charge >= 0.3 is 0 Å². The zero-order valence-electron chi connectivity index (χ0n) is 7.84. The van der Waals surface area contributed by atoms with Crippen molar-refractivity contribution in [3.05, 3.63) is 12.7 Å². The van der Waals surface area contributed by atoms with Crippen LogP contribution in [0.25, 0.3) is 0 Å². The smallest absolute Gasteiger partial charge is 0.00104 e. The Bertz CT molecular complexity index is 97.0. The molecule has 0 amide bonds. The average molecular weight is 155 g/mol. The Morgan fingerprint density at radius 2 is 2.09 bits per heavy atom. The van der Waals surface area contributed by atoms with E-state index in [1.165, 1.54) is 19.3 Å². The lowest BCUT2D eigenvalue weighted by Crippen LogP contribution is -2.14. The third kappa shape index (κ3) is 6.11. The van der Waals surface area contributed by atoms with E-state index in [1.807, 2.05) is 0 Å². The molecule has 66 valence electrons. The Hall–Kier alpha value is -0.300. The van der Waals surface area contributed by atoms with Gasteiger partial charge in [0.05, 0.1) is 0 Å². The molecule has 0 spiro atoms. The van der Waals surface area contributed by atoms with Gasteiger partial charge in [-0.1, -0.05) is 19.4 Å². The molecular weight excluding hydrogens is 134 g/mol. The van der Waals surface area contributed by atoms with Gasteiger partial charge in [0.25, 0.3) is 0 Å². The second kappa shape index (κ2) is 6.41.